The standard InChI is InChI=1S/C10H18O4S/c1-3-5-12-6-7-14-9(8-15)10(11)13-4-2/h3,9,15H,1,4-8H2,2H3. The Labute approximate surface area is 96.0 Å². The molecule has 0 aliphatic heterocycles. The van der Waals surface area contributed by atoms with Gasteiger partial charge in [-0.1, -0.05) is 6.08 Å². The predicted octanol–water partition coefficient (Wildman–Crippen LogP) is 1.07. The van der Waals surface area contributed by atoms with Crippen LogP contribution in [0.15, 0.2) is 12.7 Å². The summed E-state index contributed by atoms with van der Waals surface area (Å²) in [6.45, 7) is 6.86. The van der Waals surface area contributed by atoms with Crippen LogP contribution in [-0.4, -0.2) is 44.3 Å². The Hall–Kier alpha value is -0.520. The van der Waals surface area contributed by atoms with E-state index in [0.717, 1.165) is 0 Å². The first-order chi connectivity index (χ1) is 7.26. The Bertz CT molecular complexity index is 184. The van der Waals surface area contributed by atoms with Crippen molar-refractivity contribution >= 4 is 18.6 Å². The highest BCUT2D eigenvalue weighted by molar-refractivity contribution is 7.80. The number of carbonyl (C=O) groups is 1. The highest BCUT2D eigenvalue weighted by Crippen LogP contribution is 1.98. The molecule has 1 atom stereocenters. The van der Waals surface area contributed by atoms with Crippen LogP contribution in [0, 0.1) is 0 Å². The van der Waals surface area contributed by atoms with Gasteiger partial charge in [-0.3, -0.25) is 0 Å². The van der Waals surface area contributed by atoms with Gasteiger partial charge in [0.25, 0.3) is 0 Å². The summed E-state index contributed by atoms with van der Waals surface area (Å²) in [5, 5.41) is 0. The van der Waals surface area contributed by atoms with Gasteiger partial charge in [0.05, 0.1) is 26.4 Å². The first kappa shape index (κ1) is 14.5. The largest absolute Gasteiger partial charge is 0.464 e. The third-order valence-corrected chi connectivity index (χ3v) is 1.83. The van der Waals surface area contributed by atoms with Gasteiger partial charge in [-0.2, -0.15) is 12.6 Å². The third-order valence-electron chi connectivity index (χ3n) is 1.50. The van der Waals surface area contributed by atoms with E-state index in [1.807, 2.05) is 0 Å². The lowest BCUT2D eigenvalue weighted by Crippen LogP contribution is -2.29. The molecule has 0 aliphatic carbocycles. The van der Waals surface area contributed by atoms with Crippen LogP contribution in [0.1, 0.15) is 6.92 Å². The minimum absolute atomic E-state index is 0.306. The van der Waals surface area contributed by atoms with Crippen molar-refractivity contribution in [2.45, 2.75) is 13.0 Å². The van der Waals surface area contributed by atoms with E-state index < -0.39 is 6.10 Å². The maximum Gasteiger partial charge on any atom is 0.336 e. The summed E-state index contributed by atoms with van der Waals surface area (Å²) in [4.78, 5) is 11.2. The molecule has 0 N–H and O–H groups in total. The van der Waals surface area contributed by atoms with Crippen molar-refractivity contribution in [1.29, 1.82) is 0 Å². The minimum Gasteiger partial charge on any atom is -0.464 e. The third kappa shape index (κ3) is 7.41. The molecule has 5 heteroatoms. The summed E-state index contributed by atoms with van der Waals surface area (Å²) >= 11 is 4.01. The zero-order valence-corrected chi connectivity index (χ0v) is 9.87. The van der Waals surface area contributed by atoms with Crippen molar-refractivity contribution in [2.75, 3.05) is 32.2 Å². The number of carbonyl (C=O) groups excluding carboxylic acids is 1. The maximum absolute atomic E-state index is 11.2. The zero-order chi connectivity index (χ0) is 11.5. The topological polar surface area (TPSA) is 44.8 Å². The lowest BCUT2D eigenvalue weighted by Gasteiger charge is -2.13. The number of esters is 1. The summed E-state index contributed by atoms with van der Waals surface area (Å²) in [7, 11) is 0. The van der Waals surface area contributed by atoms with Gasteiger partial charge >= 0.3 is 5.97 Å². The van der Waals surface area contributed by atoms with Crippen molar-refractivity contribution < 1.29 is 19.0 Å². The second kappa shape index (κ2) is 10.0. The van der Waals surface area contributed by atoms with Gasteiger partial charge in [-0.25, -0.2) is 4.79 Å². The average Bonchev–Trinajstić information content (AvgIpc) is 2.23. The predicted molar refractivity (Wildman–Crippen MR) is 61.2 cm³/mol. The molecule has 0 heterocycles. The Balaban J connectivity index is 3.60. The summed E-state index contributed by atoms with van der Waals surface area (Å²) in [5.74, 6) is -0.0727. The van der Waals surface area contributed by atoms with E-state index in [9.17, 15) is 4.79 Å². The number of rotatable bonds is 9. The van der Waals surface area contributed by atoms with E-state index >= 15 is 0 Å². The highest BCUT2D eigenvalue weighted by atomic mass is 32.1. The molecular weight excluding hydrogens is 216 g/mol. The van der Waals surface area contributed by atoms with Crippen LogP contribution >= 0.6 is 12.6 Å². The Morgan fingerprint density at radius 1 is 1.53 bits per heavy atom. The molecule has 0 fully saturated rings. The number of ether oxygens (including phenoxy) is 3. The van der Waals surface area contributed by atoms with Gasteiger partial charge in [0.2, 0.25) is 0 Å². The molecule has 0 bridgehead atoms. The molecule has 0 saturated heterocycles. The molecule has 88 valence electrons. The van der Waals surface area contributed by atoms with Crippen LogP contribution < -0.4 is 0 Å². The van der Waals surface area contributed by atoms with Gasteiger partial charge in [-0.05, 0) is 6.92 Å². The monoisotopic (exact) mass is 234 g/mol. The molecule has 4 nitrogen and oxygen atoms in total. The first-order valence-electron chi connectivity index (χ1n) is 4.84. The van der Waals surface area contributed by atoms with Crippen LogP contribution in [-0.2, 0) is 19.0 Å². The minimum atomic E-state index is -0.611. The molecule has 0 rings (SSSR count). The molecule has 0 aromatic carbocycles. The Morgan fingerprint density at radius 2 is 2.27 bits per heavy atom. The van der Waals surface area contributed by atoms with Crippen molar-refractivity contribution in [2.24, 2.45) is 0 Å². The highest BCUT2D eigenvalue weighted by Gasteiger charge is 2.18. The van der Waals surface area contributed by atoms with E-state index in [1.165, 1.54) is 0 Å². The molecule has 0 aliphatic rings. The lowest BCUT2D eigenvalue weighted by molar-refractivity contribution is -0.155. The molecular formula is C10H18O4S. The summed E-state index contributed by atoms with van der Waals surface area (Å²) < 4.78 is 15.1. The molecule has 0 amide bonds. The van der Waals surface area contributed by atoms with Crippen LogP contribution in [0.5, 0.6) is 0 Å². The maximum atomic E-state index is 11.2. The quantitative estimate of drug-likeness (QED) is 0.280. The Morgan fingerprint density at radius 3 is 2.80 bits per heavy atom. The molecule has 0 spiro atoms. The van der Waals surface area contributed by atoms with Crippen LogP contribution in [0.25, 0.3) is 0 Å². The molecule has 0 saturated carbocycles. The van der Waals surface area contributed by atoms with Crippen molar-refractivity contribution in [3.63, 3.8) is 0 Å². The summed E-state index contributed by atoms with van der Waals surface area (Å²) in [5.41, 5.74) is 0. The van der Waals surface area contributed by atoms with E-state index in [4.69, 9.17) is 14.2 Å². The van der Waals surface area contributed by atoms with Crippen molar-refractivity contribution in [1.82, 2.24) is 0 Å². The molecule has 0 aromatic heterocycles. The van der Waals surface area contributed by atoms with Gasteiger partial charge < -0.3 is 14.2 Å². The second-order valence-corrected chi connectivity index (χ2v) is 3.02. The molecule has 15 heavy (non-hydrogen) atoms. The fourth-order valence-electron chi connectivity index (χ4n) is 0.846. The number of thiol groups is 1. The zero-order valence-electron chi connectivity index (χ0n) is 8.98. The van der Waals surface area contributed by atoms with Gasteiger partial charge in [0, 0.05) is 5.75 Å². The fourth-order valence-corrected chi connectivity index (χ4v) is 1.10. The van der Waals surface area contributed by atoms with E-state index in [1.54, 1.807) is 13.0 Å². The summed E-state index contributed by atoms with van der Waals surface area (Å²) in [6, 6.07) is 0. The van der Waals surface area contributed by atoms with Crippen molar-refractivity contribution in [3.8, 4) is 0 Å². The van der Waals surface area contributed by atoms with E-state index in [2.05, 4.69) is 19.2 Å². The second-order valence-electron chi connectivity index (χ2n) is 2.66. The Kier molecular flexibility index (Phi) is 9.67. The molecule has 1 unspecified atom stereocenters. The van der Waals surface area contributed by atoms with Crippen LogP contribution in [0.4, 0.5) is 0 Å². The number of hydrogen-bond donors (Lipinski definition) is 1. The van der Waals surface area contributed by atoms with Crippen LogP contribution in [0.2, 0.25) is 0 Å². The average molecular weight is 234 g/mol. The normalized spacial score (nSPS) is 12.1. The van der Waals surface area contributed by atoms with Crippen LogP contribution in [0.3, 0.4) is 0 Å². The van der Waals surface area contributed by atoms with E-state index in [-0.39, 0.29) is 5.97 Å². The molecule has 0 radical (unpaired) electrons. The smallest absolute Gasteiger partial charge is 0.336 e. The van der Waals surface area contributed by atoms with Gasteiger partial charge in [-0.15, -0.1) is 6.58 Å². The van der Waals surface area contributed by atoms with E-state index in [0.29, 0.717) is 32.2 Å². The van der Waals surface area contributed by atoms with Gasteiger partial charge in [0.15, 0.2) is 6.10 Å². The fraction of sp³-hybridized carbons (Fsp3) is 0.700. The number of hydrogen-bond acceptors (Lipinski definition) is 5. The van der Waals surface area contributed by atoms with Crippen molar-refractivity contribution in [3.05, 3.63) is 12.7 Å². The first-order valence-corrected chi connectivity index (χ1v) is 5.47. The molecule has 0 aromatic rings. The summed E-state index contributed by atoms with van der Waals surface area (Å²) in [6.07, 6.45) is 1.04. The van der Waals surface area contributed by atoms with Gasteiger partial charge in [0.1, 0.15) is 0 Å². The lowest BCUT2D eigenvalue weighted by atomic mass is 10.4. The SMILES string of the molecule is C=CCOCCOC(CS)C(=O)OCC.